The molecule has 1 aliphatic carbocycles. The molecule has 2 N–H and O–H groups in total. The molecule has 0 radical (unpaired) electrons. The summed E-state index contributed by atoms with van der Waals surface area (Å²) in [6.45, 7) is 7.19. The minimum Gasteiger partial charge on any atom is -0.330 e. The van der Waals surface area contributed by atoms with Crippen molar-refractivity contribution in [2.24, 2.45) is 5.73 Å². The van der Waals surface area contributed by atoms with Crippen LogP contribution in [-0.2, 0) is 0 Å². The van der Waals surface area contributed by atoms with Crippen molar-refractivity contribution in [2.75, 3.05) is 39.3 Å². The molecule has 0 spiro atoms. The second kappa shape index (κ2) is 5.10. The van der Waals surface area contributed by atoms with E-state index in [-0.39, 0.29) is 0 Å². The topological polar surface area (TPSA) is 32.5 Å². The third kappa shape index (κ3) is 2.94. The van der Waals surface area contributed by atoms with Crippen molar-refractivity contribution in [1.82, 2.24) is 9.80 Å². The van der Waals surface area contributed by atoms with E-state index in [1.165, 1.54) is 52.0 Å². The first-order valence-electron chi connectivity index (χ1n) is 6.06. The van der Waals surface area contributed by atoms with Crippen LogP contribution in [-0.4, -0.2) is 55.1 Å². The maximum Gasteiger partial charge on any atom is 0.0112 e. The quantitative estimate of drug-likeness (QED) is 0.712. The summed E-state index contributed by atoms with van der Waals surface area (Å²) in [4.78, 5) is 5.26. The highest BCUT2D eigenvalue weighted by Gasteiger charge is 2.29. The Kier molecular flexibility index (Phi) is 3.79. The van der Waals surface area contributed by atoms with Crippen LogP contribution >= 0.6 is 0 Å². The molecule has 2 fully saturated rings. The van der Waals surface area contributed by atoms with Crippen molar-refractivity contribution in [3.63, 3.8) is 0 Å². The summed E-state index contributed by atoms with van der Waals surface area (Å²) in [7, 11) is 0. The van der Waals surface area contributed by atoms with Gasteiger partial charge in [0.25, 0.3) is 0 Å². The van der Waals surface area contributed by atoms with E-state index in [1.807, 2.05) is 0 Å². The number of hydrogen-bond donors (Lipinski definition) is 1. The summed E-state index contributed by atoms with van der Waals surface area (Å²) in [5.41, 5.74) is 5.53. The van der Waals surface area contributed by atoms with Gasteiger partial charge >= 0.3 is 0 Å². The lowest BCUT2D eigenvalue weighted by Gasteiger charge is -2.21. The van der Waals surface area contributed by atoms with Gasteiger partial charge in [0.15, 0.2) is 0 Å². The number of rotatable bonds is 4. The summed E-state index contributed by atoms with van der Waals surface area (Å²) in [6, 6.07) is 0.949. The van der Waals surface area contributed by atoms with Gasteiger partial charge in [-0.2, -0.15) is 0 Å². The molecule has 2 aliphatic rings. The molecule has 82 valence electrons. The van der Waals surface area contributed by atoms with E-state index in [1.54, 1.807) is 0 Å². The molecular weight excluding hydrogens is 174 g/mol. The first kappa shape index (κ1) is 10.4. The van der Waals surface area contributed by atoms with Crippen LogP contribution in [0.5, 0.6) is 0 Å². The summed E-state index contributed by atoms with van der Waals surface area (Å²) in [5.74, 6) is 0. The highest BCUT2D eigenvalue weighted by atomic mass is 15.2. The molecule has 2 rings (SSSR count). The minimum absolute atomic E-state index is 0.836. The fourth-order valence-corrected chi connectivity index (χ4v) is 2.33. The van der Waals surface area contributed by atoms with Crippen molar-refractivity contribution in [1.29, 1.82) is 0 Å². The van der Waals surface area contributed by atoms with Gasteiger partial charge in [-0.25, -0.2) is 0 Å². The molecule has 0 aromatic rings. The van der Waals surface area contributed by atoms with Crippen molar-refractivity contribution in [3.8, 4) is 0 Å². The third-order valence-corrected chi connectivity index (χ3v) is 3.36. The lowest BCUT2D eigenvalue weighted by Crippen LogP contribution is -2.33. The molecule has 1 saturated heterocycles. The molecule has 0 amide bonds. The largest absolute Gasteiger partial charge is 0.330 e. The van der Waals surface area contributed by atoms with Crippen molar-refractivity contribution < 1.29 is 0 Å². The number of nitrogens with zero attached hydrogens (tertiary/aromatic N) is 2. The predicted molar refractivity (Wildman–Crippen MR) is 59.3 cm³/mol. The van der Waals surface area contributed by atoms with E-state index in [2.05, 4.69) is 9.80 Å². The summed E-state index contributed by atoms with van der Waals surface area (Å²) < 4.78 is 0. The zero-order chi connectivity index (χ0) is 9.80. The highest BCUT2D eigenvalue weighted by molar-refractivity contribution is 4.86. The fraction of sp³-hybridized carbons (Fsp3) is 1.00. The van der Waals surface area contributed by atoms with Crippen LogP contribution in [0.4, 0.5) is 0 Å². The average molecular weight is 197 g/mol. The molecule has 1 aliphatic heterocycles. The molecule has 3 heteroatoms. The number of hydrogen-bond acceptors (Lipinski definition) is 3. The van der Waals surface area contributed by atoms with Gasteiger partial charge < -0.3 is 10.6 Å². The highest BCUT2D eigenvalue weighted by Crippen LogP contribution is 2.27. The van der Waals surface area contributed by atoms with Gasteiger partial charge in [0.1, 0.15) is 0 Å². The van der Waals surface area contributed by atoms with Crippen LogP contribution < -0.4 is 5.73 Å². The van der Waals surface area contributed by atoms with E-state index in [0.29, 0.717) is 0 Å². The van der Waals surface area contributed by atoms with Crippen molar-refractivity contribution >= 4 is 0 Å². The van der Waals surface area contributed by atoms with Crippen LogP contribution in [0.15, 0.2) is 0 Å². The molecule has 0 aromatic heterocycles. The average Bonchev–Trinajstić information content (AvgIpc) is 3.01. The van der Waals surface area contributed by atoms with E-state index < -0.39 is 0 Å². The van der Waals surface area contributed by atoms with Crippen LogP contribution in [0, 0.1) is 0 Å². The Balaban J connectivity index is 1.70. The molecule has 3 nitrogen and oxygen atoms in total. The normalized spacial score (nSPS) is 26.4. The first-order chi connectivity index (χ1) is 6.90. The summed E-state index contributed by atoms with van der Waals surface area (Å²) in [6.07, 6.45) is 5.40. The molecular formula is C11H23N3. The van der Waals surface area contributed by atoms with Gasteiger partial charge in [-0.15, -0.1) is 0 Å². The lowest BCUT2D eigenvalue weighted by molar-refractivity contribution is 0.250. The lowest BCUT2D eigenvalue weighted by atomic mass is 10.3. The van der Waals surface area contributed by atoms with Crippen LogP contribution in [0.1, 0.15) is 25.7 Å². The van der Waals surface area contributed by atoms with Crippen LogP contribution in [0.3, 0.4) is 0 Å². The van der Waals surface area contributed by atoms with E-state index >= 15 is 0 Å². The molecule has 0 bridgehead atoms. The molecule has 1 heterocycles. The third-order valence-electron chi connectivity index (χ3n) is 3.36. The van der Waals surface area contributed by atoms with Gasteiger partial charge in [-0.1, -0.05) is 0 Å². The maximum atomic E-state index is 5.53. The minimum atomic E-state index is 0.836. The Labute approximate surface area is 87.2 Å². The van der Waals surface area contributed by atoms with Gasteiger partial charge in [0.05, 0.1) is 0 Å². The standard InChI is InChI=1S/C11H23N3/c12-5-1-6-13-7-2-8-14(10-9-13)11-3-4-11/h11H,1-10,12H2. The smallest absolute Gasteiger partial charge is 0.0112 e. The van der Waals surface area contributed by atoms with Crippen LogP contribution in [0.2, 0.25) is 0 Å². The molecule has 0 aromatic carbocycles. The Morgan fingerprint density at radius 3 is 2.64 bits per heavy atom. The Bertz CT molecular complexity index is 168. The fourth-order valence-electron chi connectivity index (χ4n) is 2.33. The second-order valence-electron chi connectivity index (χ2n) is 4.60. The van der Waals surface area contributed by atoms with Crippen molar-refractivity contribution in [3.05, 3.63) is 0 Å². The molecule has 0 atom stereocenters. The first-order valence-corrected chi connectivity index (χ1v) is 6.06. The summed E-state index contributed by atoms with van der Waals surface area (Å²) >= 11 is 0. The Hall–Kier alpha value is -0.120. The molecule has 0 unspecified atom stereocenters. The Morgan fingerprint density at radius 2 is 1.93 bits per heavy atom. The zero-order valence-electron chi connectivity index (χ0n) is 9.12. The van der Waals surface area contributed by atoms with Crippen LogP contribution in [0.25, 0.3) is 0 Å². The maximum absolute atomic E-state index is 5.53. The van der Waals surface area contributed by atoms with Gasteiger partial charge in [-0.05, 0) is 51.9 Å². The Morgan fingerprint density at radius 1 is 1.07 bits per heavy atom. The molecule has 14 heavy (non-hydrogen) atoms. The van der Waals surface area contributed by atoms with Gasteiger partial charge in [0.2, 0.25) is 0 Å². The van der Waals surface area contributed by atoms with Gasteiger partial charge in [-0.3, -0.25) is 4.90 Å². The SMILES string of the molecule is NCCCN1CCCN(C2CC2)CC1. The second-order valence-corrected chi connectivity index (χ2v) is 4.60. The van der Waals surface area contributed by atoms with E-state index in [4.69, 9.17) is 5.73 Å². The van der Waals surface area contributed by atoms with E-state index in [9.17, 15) is 0 Å². The van der Waals surface area contributed by atoms with Gasteiger partial charge in [0, 0.05) is 19.1 Å². The number of nitrogens with two attached hydrogens (primary N) is 1. The van der Waals surface area contributed by atoms with Crippen molar-refractivity contribution in [2.45, 2.75) is 31.7 Å². The molecule has 1 saturated carbocycles. The summed E-state index contributed by atoms with van der Waals surface area (Å²) in [5, 5.41) is 0. The zero-order valence-corrected chi connectivity index (χ0v) is 9.12. The monoisotopic (exact) mass is 197 g/mol. The predicted octanol–water partition coefficient (Wildman–Crippen LogP) is 0.505. The van der Waals surface area contributed by atoms with E-state index in [0.717, 1.165) is 19.0 Å².